The Bertz CT molecular complexity index is 934. The van der Waals surface area contributed by atoms with Crippen molar-refractivity contribution in [2.75, 3.05) is 5.32 Å². The molecule has 0 saturated carbocycles. The van der Waals surface area contributed by atoms with Crippen molar-refractivity contribution in [3.8, 4) is 0 Å². The molecule has 1 aliphatic carbocycles. The molecule has 1 aromatic carbocycles. The minimum Gasteiger partial charge on any atom is -0.328 e. The molecule has 2 aliphatic rings. The fourth-order valence-electron chi connectivity index (χ4n) is 3.51. The van der Waals surface area contributed by atoms with Crippen LogP contribution in [0.2, 0.25) is 0 Å². The van der Waals surface area contributed by atoms with Crippen LogP contribution in [0, 0.1) is 5.92 Å². The molecule has 9 heteroatoms. The van der Waals surface area contributed by atoms with Crippen molar-refractivity contribution >= 4 is 27.7 Å². The van der Waals surface area contributed by atoms with Gasteiger partial charge in [0.15, 0.2) is 5.78 Å². The second kappa shape index (κ2) is 5.94. The van der Waals surface area contributed by atoms with Crippen molar-refractivity contribution in [2.24, 2.45) is 5.92 Å². The first-order chi connectivity index (χ1) is 12.2. The Kier molecular flexibility index (Phi) is 3.94. The summed E-state index contributed by atoms with van der Waals surface area (Å²) in [5.41, 5.74) is 1.77. The summed E-state index contributed by atoms with van der Waals surface area (Å²) in [5, 5.41) is 6.57. The summed E-state index contributed by atoms with van der Waals surface area (Å²) >= 11 is 3.38. The number of aromatic nitrogens is 3. The molecule has 0 fully saturated rings. The zero-order valence-electron chi connectivity index (χ0n) is 13.6. The third-order valence-corrected chi connectivity index (χ3v) is 5.04. The molecule has 0 saturated heterocycles. The van der Waals surface area contributed by atoms with Gasteiger partial charge in [-0.1, -0.05) is 35.0 Å². The van der Waals surface area contributed by atoms with E-state index in [9.17, 15) is 18.0 Å². The highest BCUT2D eigenvalue weighted by molar-refractivity contribution is 9.10. The molecule has 5 nitrogen and oxygen atoms in total. The van der Waals surface area contributed by atoms with E-state index in [1.54, 1.807) is 18.2 Å². The molecule has 2 aromatic rings. The summed E-state index contributed by atoms with van der Waals surface area (Å²) in [7, 11) is 0. The summed E-state index contributed by atoms with van der Waals surface area (Å²) in [5.74, 6) is -1.18. The highest BCUT2D eigenvalue weighted by Gasteiger charge is 2.42. The molecule has 0 spiro atoms. The number of carbonyl (C=O) groups is 1. The minimum absolute atomic E-state index is 0.00273. The van der Waals surface area contributed by atoms with Crippen LogP contribution in [0.3, 0.4) is 0 Å². The first-order valence-electron chi connectivity index (χ1n) is 8.06. The molecule has 2 atom stereocenters. The number of anilines is 1. The maximum atomic E-state index is 13.1. The molecule has 1 aromatic heterocycles. The van der Waals surface area contributed by atoms with Crippen LogP contribution in [-0.4, -0.2) is 20.5 Å². The third-order valence-electron chi connectivity index (χ3n) is 4.54. The van der Waals surface area contributed by atoms with Crippen LogP contribution >= 0.6 is 15.9 Å². The molecular formula is C17H14BrF3N4O. The maximum Gasteiger partial charge on any atom is 0.453 e. The molecule has 136 valence electrons. The van der Waals surface area contributed by atoms with Crippen LogP contribution < -0.4 is 5.32 Å². The van der Waals surface area contributed by atoms with E-state index < -0.39 is 18.0 Å². The predicted octanol–water partition coefficient (Wildman–Crippen LogP) is 4.33. The van der Waals surface area contributed by atoms with Crippen molar-refractivity contribution in [3.63, 3.8) is 0 Å². The van der Waals surface area contributed by atoms with E-state index in [2.05, 4.69) is 31.3 Å². The van der Waals surface area contributed by atoms with Gasteiger partial charge in [-0.25, -0.2) is 4.68 Å². The summed E-state index contributed by atoms with van der Waals surface area (Å²) in [6.07, 6.45) is -3.72. The molecule has 0 radical (unpaired) electrons. The number of carbonyl (C=O) groups excluding carboxylic acids is 1. The van der Waals surface area contributed by atoms with Gasteiger partial charge in [-0.3, -0.25) is 4.79 Å². The molecule has 0 amide bonds. The Morgan fingerprint density at radius 2 is 2.08 bits per heavy atom. The number of hydrogen-bond donors (Lipinski definition) is 1. The van der Waals surface area contributed by atoms with Gasteiger partial charge < -0.3 is 5.32 Å². The highest BCUT2D eigenvalue weighted by Crippen LogP contribution is 2.42. The van der Waals surface area contributed by atoms with E-state index in [-0.39, 0.29) is 17.6 Å². The Hall–Kier alpha value is -2.16. The molecule has 26 heavy (non-hydrogen) atoms. The first kappa shape index (κ1) is 17.3. The Morgan fingerprint density at radius 1 is 1.31 bits per heavy atom. The Morgan fingerprint density at radius 3 is 2.77 bits per heavy atom. The summed E-state index contributed by atoms with van der Waals surface area (Å²) in [6, 6.07) is 6.41. The molecule has 1 N–H and O–H groups in total. The maximum absolute atomic E-state index is 13.1. The summed E-state index contributed by atoms with van der Waals surface area (Å²) < 4.78 is 41.3. The number of nitrogens with zero attached hydrogens (tertiary/aromatic N) is 3. The first-order valence-corrected chi connectivity index (χ1v) is 8.86. The standard InChI is InChI=1S/C17H14BrF3N4O/c1-8-5-11-13(12(26)6-8)14(9-3-2-4-10(18)7-9)25-16(22-11)23-15(24-25)17(19,20)21/h2-4,7-8,14H,5-6H2,1H3,(H,22,23,24). The lowest BCUT2D eigenvalue weighted by Crippen LogP contribution is -2.33. The van der Waals surface area contributed by atoms with Crippen molar-refractivity contribution in [1.29, 1.82) is 0 Å². The molecule has 0 bridgehead atoms. The molecule has 2 unspecified atom stereocenters. The number of nitrogens with one attached hydrogen (secondary N) is 1. The molecule has 2 heterocycles. The van der Waals surface area contributed by atoms with Gasteiger partial charge in [0.1, 0.15) is 6.04 Å². The largest absolute Gasteiger partial charge is 0.453 e. The average Bonchev–Trinajstić information content (AvgIpc) is 2.96. The summed E-state index contributed by atoms with van der Waals surface area (Å²) in [4.78, 5) is 16.3. The van der Waals surface area contributed by atoms with Crippen LogP contribution in [0.15, 0.2) is 40.0 Å². The second-order valence-electron chi connectivity index (χ2n) is 6.61. The van der Waals surface area contributed by atoms with Crippen LogP contribution in [0.5, 0.6) is 0 Å². The van der Waals surface area contributed by atoms with Gasteiger partial charge >= 0.3 is 6.18 Å². The molecule has 4 rings (SSSR count). The monoisotopic (exact) mass is 426 g/mol. The van der Waals surface area contributed by atoms with Gasteiger partial charge in [-0.05, 0) is 30.0 Å². The SMILES string of the molecule is CC1CC(=O)C2=C(C1)Nc1nc(C(F)(F)F)nn1C2c1cccc(Br)c1. The van der Waals surface area contributed by atoms with E-state index in [0.29, 0.717) is 29.7 Å². The van der Waals surface area contributed by atoms with Crippen molar-refractivity contribution in [3.05, 3.63) is 51.4 Å². The van der Waals surface area contributed by atoms with Crippen LogP contribution in [-0.2, 0) is 11.0 Å². The van der Waals surface area contributed by atoms with Crippen LogP contribution in [0.1, 0.15) is 37.2 Å². The number of fused-ring (bicyclic) bond motifs is 1. The van der Waals surface area contributed by atoms with Gasteiger partial charge in [0.25, 0.3) is 5.82 Å². The Labute approximate surface area is 155 Å². The zero-order chi connectivity index (χ0) is 18.6. The number of Topliss-reactive ketones (excluding diaryl/α,β-unsaturated/α-hetero) is 1. The van der Waals surface area contributed by atoms with Gasteiger partial charge in [0.05, 0.1) is 0 Å². The van der Waals surface area contributed by atoms with E-state index in [4.69, 9.17) is 0 Å². The summed E-state index contributed by atoms with van der Waals surface area (Å²) in [6.45, 7) is 1.94. The molecular weight excluding hydrogens is 413 g/mol. The van der Waals surface area contributed by atoms with Gasteiger partial charge in [0, 0.05) is 22.2 Å². The lowest BCUT2D eigenvalue weighted by molar-refractivity contribution is -0.145. The minimum atomic E-state index is -4.66. The quantitative estimate of drug-likeness (QED) is 0.737. The van der Waals surface area contributed by atoms with E-state index in [1.165, 1.54) is 0 Å². The van der Waals surface area contributed by atoms with Gasteiger partial charge in [0.2, 0.25) is 5.95 Å². The number of ketones is 1. The van der Waals surface area contributed by atoms with Gasteiger partial charge in [-0.15, -0.1) is 5.10 Å². The number of rotatable bonds is 1. The topological polar surface area (TPSA) is 59.8 Å². The fraction of sp³-hybridized carbons (Fsp3) is 0.353. The third kappa shape index (κ3) is 2.84. The number of alkyl halides is 3. The van der Waals surface area contributed by atoms with Crippen LogP contribution in [0.4, 0.5) is 19.1 Å². The van der Waals surface area contributed by atoms with E-state index in [1.807, 2.05) is 13.0 Å². The Balaban J connectivity index is 1.92. The molecule has 1 aliphatic heterocycles. The second-order valence-corrected chi connectivity index (χ2v) is 7.53. The van der Waals surface area contributed by atoms with Gasteiger partial charge in [-0.2, -0.15) is 18.2 Å². The fourth-order valence-corrected chi connectivity index (χ4v) is 3.93. The number of allylic oxidation sites excluding steroid dienone is 2. The average molecular weight is 427 g/mol. The lowest BCUT2D eigenvalue weighted by Gasteiger charge is -2.34. The van der Waals surface area contributed by atoms with E-state index >= 15 is 0 Å². The van der Waals surface area contributed by atoms with Crippen molar-refractivity contribution in [1.82, 2.24) is 14.8 Å². The number of hydrogen-bond acceptors (Lipinski definition) is 4. The number of benzene rings is 1. The lowest BCUT2D eigenvalue weighted by atomic mass is 9.81. The zero-order valence-corrected chi connectivity index (χ0v) is 15.2. The smallest absolute Gasteiger partial charge is 0.328 e. The highest BCUT2D eigenvalue weighted by atomic mass is 79.9. The van der Waals surface area contributed by atoms with Crippen LogP contribution in [0.25, 0.3) is 0 Å². The van der Waals surface area contributed by atoms with Crippen molar-refractivity contribution < 1.29 is 18.0 Å². The van der Waals surface area contributed by atoms with E-state index in [0.717, 1.165) is 9.15 Å². The number of halogens is 4. The normalized spacial score (nSPS) is 22.7. The predicted molar refractivity (Wildman–Crippen MR) is 91.4 cm³/mol. The van der Waals surface area contributed by atoms with Crippen molar-refractivity contribution in [2.45, 2.75) is 32.0 Å².